The summed E-state index contributed by atoms with van der Waals surface area (Å²) < 4.78 is 2.10. The number of carbonyl (C=O) groups excluding carboxylic acids is 1. The molecule has 1 aliphatic heterocycles. The van der Waals surface area contributed by atoms with Gasteiger partial charge in [0, 0.05) is 38.7 Å². The summed E-state index contributed by atoms with van der Waals surface area (Å²) in [6.45, 7) is 2.65. The van der Waals surface area contributed by atoms with Crippen LogP contribution in [0.15, 0.2) is 42.7 Å². The molecule has 0 spiro atoms. The molecule has 1 atom stereocenters. The number of aryl methyl sites for hydroxylation is 1. The van der Waals surface area contributed by atoms with Gasteiger partial charge in [-0.3, -0.25) is 4.79 Å². The molecule has 1 amide bonds. The molecule has 0 aromatic carbocycles. The molecule has 1 saturated heterocycles. The largest absolute Gasteiger partial charge is 0.361 e. The fourth-order valence-electron chi connectivity index (χ4n) is 3.83. The number of likely N-dealkylation sites (tertiary alicyclic amines) is 1. The summed E-state index contributed by atoms with van der Waals surface area (Å²) >= 11 is 0. The highest BCUT2D eigenvalue weighted by molar-refractivity contribution is 5.92. The number of nitrogens with zero attached hydrogens (tertiary/aromatic N) is 5. The molecule has 1 unspecified atom stereocenters. The minimum absolute atomic E-state index is 0.00999. The molecule has 3 aromatic rings. The molecule has 0 bridgehead atoms. The molecule has 4 heterocycles. The first kappa shape index (κ1) is 17.5. The van der Waals surface area contributed by atoms with Crippen molar-refractivity contribution in [3.05, 3.63) is 59.8 Å². The molecule has 4 rings (SSSR count). The molecule has 1 fully saturated rings. The molecule has 1 aliphatic rings. The SMILES string of the molecule is Cc1cccc(C(=O)N2CCCCC2c2cn3cccc3c(N(C)C)n2)n1. The quantitative estimate of drug-likeness (QED) is 0.715. The number of rotatable bonds is 3. The van der Waals surface area contributed by atoms with Crippen LogP contribution in [-0.4, -0.2) is 45.8 Å². The first-order chi connectivity index (χ1) is 13.0. The van der Waals surface area contributed by atoms with Gasteiger partial charge in [-0.1, -0.05) is 6.07 Å². The van der Waals surface area contributed by atoms with E-state index in [9.17, 15) is 4.79 Å². The highest BCUT2D eigenvalue weighted by atomic mass is 16.2. The van der Waals surface area contributed by atoms with E-state index in [1.807, 2.05) is 55.2 Å². The van der Waals surface area contributed by atoms with E-state index in [1.165, 1.54) is 0 Å². The molecule has 0 aliphatic carbocycles. The Morgan fingerprint density at radius 2 is 2.00 bits per heavy atom. The van der Waals surface area contributed by atoms with Crippen molar-refractivity contribution in [2.75, 3.05) is 25.5 Å². The van der Waals surface area contributed by atoms with Crippen LogP contribution < -0.4 is 4.90 Å². The Hall–Kier alpha value is -2.89. The second-order valence-corrected chi connectivity index (χ2v) is 7.36. The van der Waals surface area contributed by atoms with Gasteiger partial charge in [0.05, 0.1) is 17.3 Å². The van der Waals surface area contributed by atoms with E-state index in [2.05, 4.69) is 21.6 Å². The van der Waals surface area contributed by atoms with E-state index >= 15 is 0 Å². The molecule has 27 heavy (non-hydrogen) atoms. The zero-order valence-corrected chi connectivity index (χ0v) is 16.1. The number of amides is 1. The summed E-state index contributed by atoms with van der Waals surface area (Å²) in [5.74, 6) is 0.911. The second kappa shape index (κ2) is 7.02. The van der Waals surface area contributed by atoms with Crippen LogP contribution in [0, 0.1) is 6.92 Å². The van der Waals surface area contributed by atoms with E-state index in [0.29, 0.717) is 5.69 Å². The number of pyridine rings is 1. The summed E-state index contributed by atoms with van der Waals surface area (Å²) in [6, 6.07) is 9.66. The summed E-state index contributed by atoms with van der Waals surface area (Å²) in [7, 11) is 4.00. The molecular formula is C21H25N5O. The monoisotopic (exact) mass is 363 g/mol. The minimum atomic E-state index is -0.0286. The van der Waals surface area contributed by atoms with Crippen molar-refractivity contribution >= 4 is 17.2 Å². The molecule has 0 N–H and O–H groups in total. The van der Waals surface area contributed by atoms with Crippen molar-refractivity contribution in [3.63, 3.8) is 0 Å². The van der Waals surface area contributed by atoms with E-state index in [-0.39, 0.29) is 11.9 Å². The lowest BCUT2D eigenvalue weighted by atomic mass is 9.99. The molecule has 0 radical (unpaired) electrons. The Balaban J connectivity index is 1.74. The average molecular weight is 363 g/mol. The van der Waals surface area contributed by atoms with Gasteiger partial charge in [-0.15, -0.1) is 0 Å². The van der Waals surface area contributed by atoms with Gasteiger partial charge >= 0.3 is 0 Å². The molecular weight excluding hydrogens is 338 g/mol. The van der Waals surface area contributed by atoms with Crippen LogP contribution in [-0.2, 0) is 0 Å². The third-order valence-corrected chi connectivity index (χ3v) is 5.15. The van der Waals surface area contributed by atoms with E-state index in [4.69, 9.17) is 4.98 Å². The standard InChI is InChI=1S/C21H25N5O/c1-15-8-6-9-16(22-15)21(27)26-13-5-4-10-18(26)17-14-25-12-7-11-19(25)20(23-17)24(2)3/h6-9,11-12,14,18H,4-5,10,13H2,1-3H3. The van der Waals surface area contributed by atoms with Crippen LogP contribution in [0.4, 0.5) is 5.82 Å². The van der Waals surface area contributed by atoms with Crippen molar-refractivity contribution < 1.29 is 4.79 Å². The Bertz CT molecular complexity index is 978. The average Bonchev–Trinajstić information content (AvgIpc) is 3.15. The Labute approximate surface area is 159 Å². The highest BCUT2D eigenvalue weighted by Gasteiger charge is 2.31. The van der Waals surface area contributed by atoms with Gasteiger partial charge < -0.3 is 14.2 Å². The lowest BCUT2D eigenvalue weighted by Gasteiger charge is -2.35. The zero-order valence-electron chi connectivity index (χ0n) is 16.1. The van der Waals surface area contributed by atoms with Crippen LogP contribution in [0.3, 0.4) is 0 Å². The lowest BCUT2D eigenvalue weighted by Crippen LogP contribution is -2.39. The van der Waals surface area contributed by atoms with Crippen LogP contribution in [0.1, 0.15) is 47.2 Å². The maximum Gasteiger partial charge on any atom is 0.273 e. The Morgan fingerprint density at radius 1 is 1.15 bits per heavy atom. The zero-order chi connectivity index (χ0) is 19.0. The Kier molecular flexibility index (Phi) is 4.56. The van der Waals surface area contributed by atoms with E-state index < -0.39 is 0 Å². The number of fused-ring (bicyclic) bond motifs is 1. The number of hydrogen-bond acceptors (Lipinski definition) is 4. The predicted octanol–water partition coefficient (Wildman–Crippen LogP) is 3.47. The van der Waals surface area contributed by atoms with Gasteiger partial charge in [0.15, 0.2) is 5.82 Å². The number of hydrogen-bond donors (Lipinski definition) is 0. The van der Waals surface area contributed by atoms with Gasteiger partial charge in [0.1, 0.15) is 5.69 Å². The summed E-state index contributed by atoms with van der Waals surface area (Å²) in [4.78, 5) is 26.5. The number of aromatic nitrogens is 3. The first-order valence-electron chi connectivity index (χ1n) is 9.44. The van der Waals surface area contributed by atoms with E-state index in [0.717, 1.165) is 48.5 Å². The molecule has 6 nitrogen and oxygen atoms in total. The van der Waals surface area contributed by atoms with Crippen LogP contribution in [0.2, 0.25) is 0 Å². The lowest BCUT2D eigenvalue weighted by molar-refractivity contribution is 0.0599. The predicted molar refractivity (Wildman–Crippen MR) is 106 cm³/mol. The van der Waals surface area contributed by atoms with Crippen molar-refractivity contribution in [2.24, 2.45) is 0 Å². The molecule has 0 saturated carbocycles. The highest BCUT2D eigenvalue weighted by Crippen LogP contribution is 2.33. The maximum absolute atomic E-state index is 13.2. The van der Waals surface area contributed by atoms with Crippen LogP contribution in [0.25, 0.3) is 5.52 Å². The topological polar surface area (TPSA) is 53.7 Å². The van der Waals surface area contributed by atoms with Crippen LogP contribution >= 0.6 is 0 Å². The van der Waals surface area contributed by atoms with Crippen molar-refractivity contribution in [2.45, 2.75) is 32.2 Å². The minimum Gasteiger partial charge on any atom is -0.361 e. The third kappa shape index (κ3) is 3.27. The fourth-order valence-corrected chi connectivity index (χ4v) is 3.83. The number of anilines is 1. The van der Waals surface area contributed by atoms with E-state index in [1.54, 1.807) is 6.07 Å². The molecule has 6 heteroatoms. The Morgan fingerprint density at radius 3 is 2.78 bits per heavy atom. The number of carbonyl (C=O) groups is 1. The van der Waals surface area contributed by atoms with Crippen LogP contribution in [0.5, 0.6) is 0 Å². The smallest absolute Gasteiger partial charge is 0.273 e. The maximum atomic E-state index is 13.2. The van der Waals surface area contributed by atoms with Gasteiger partial charge in [0.2, 0.25) is 0 Å². The summed E-state index contributed by atoms with van der Waals surface area (Å²) in [6.07, 6.45) is 7.12. The molecule has 3 aromatic heterocycles. The first-order valence-corrected chi connectivity index (χ1v) is 9.44. The van der Waals surface area contributed by atoms with Gasteiger partial charge in [-0.25, -0.2) is 9.97 Å². The van der Waals surface area contributed by atoms with Gasteiger partial charge in [-0.05, 0) is 50.5 Å². The van der Waals surface area contributed by atoms with Gasteiger partial charge in [0.25, 0.3) is 5.91 Å². The van der Waals surface area contributed by atoms with Gasteiger partial charge in [-0.2, -0.15) is 0 Å². The third-order valence-electron chi connectivity index (χ3n) is 5.15. The van der Waals surface area contributed by atoms with Crippen molar-refractivity contribution in [1.82, 2.24) is 19.3 Å². The molecule has 140 valence electrons. The summed E-state index contributed by atoms with van der Waals surface area (Å²) in [5.41, 5.74) is 3.37. The number of piperidine rings is 1. The fraction of sp³-hybridized carbons (Fsp3) is 0.381. The second-order valence-electron chi connectivity index (χ2n) is 7.36. The van der Waals surface area contributed by atoms with Crippen molar-refractivity contribution in [3.8, 4) is 0 Å². The normalized spacial score (nSPS) is 17.3. The summed E-state index contributed by atoms with van der Waals surface area (Å²) in [5, 5.41) is 0. The van der Waals surface area contributed by atoms with Crippen molar-refractivity contribution in [1.29, 1.82) is 0 Å².